The van der Waals surface area contributed by atoms with Crippen molar-refractivity contribution in [2.75, 3.05) is 0 Å². The van der Waals surface area contributed by atoms with Crippen molar-refractivity contribution < 1.29 is 0 Å². The van der Waals surface area contributed by atoms with Gasteiger partial charge in [0.25, 0.3) is 0 Å². The molecule has 2 nitrogen and oxygen atoms in total. The van der Waals surface area contributed by atoms with Gasteiger partial charge in [-0.15, -0.1) is 5.47 Å². The topological polar surface area (TPSA) is 36.2 Å². The van der Waals surface area contributed by atoms with Crippen LogP contribution in [0.5, 0.6) is 0 Å². The van der Waals surface area contributed by atoms with Crippen LogP contribution in [0.2, 0.25) is 0 Å². The highest BCUT2D eigenvalue weighted by Crippen LogP contribution is 2.20. The second-order valence-corrected chi connectivity index (χ2v) is 5.52. The molecule has 0 rings (SSSR count). The van der Waals surface area contributed by atoms with Gasteiger partial charge in [0, 0.05) is 11.4 Å². The molecule has 0 aliphatic carbocycles. The van der Waals surface area contributed by atoms with E-state index in [4.69, 9.17) is 24.9 Å². The average Bonchev–Trinajstić information content (AvgIpc) is 2.33. The quantitative estimate of drug-likeness (QED) is 0.392. The number of hydrogen-bond acceptors (Lipinski definition) is 2. The van der Waals surface area contributed by atoms with Crippen molar-refractivity contribution in [2.45, 2.75) is 48.0 Å². The number of aliphatic imine (C=N–C) groups is 1. The molecule has 21 heavy (non-hydrogen) atoms. The van der Waals surface area contributed by atoms with Crippen LogP contribution in [0.3, 0.4) is 0 Å². The lowest BCUT2D eigenvalue weighted by Crippen LogP contribution is -2.02. The first-order chi connectivity index (χ1) is 9.70. The van der Waals surface area contributed by atoms with Gasteiger partial charge in [0.2, 0.25) is 0 Å². The average molecular weight is 303 g/mol. The molecule has 112 valence electrons. The fourth-order valence-electron chi connectivity index (χ4n) is 1.85. The van der Waals surface area contributed by atoms with Gasteiger partial charge >= 0.3 is 0 Å². The number of hydrogen-bond donors (Lipinski definition) is 1. The Kier molecular flexibility index (Phi) is 8.95. The molecular formula is C17H24BClN2. The summed E-state index contributed by atoms with van der Waals surface area (Å²) < 4.78 is 0. The maximum absolute atomic E-state index is 7.94. The Hall–Kier alpha value is -1.35. The van der Waals surface area contributed by atoms with Crippen molar-refractivity contribution in [1.82, 2.24) is 0 Å². The molecule has 2 radical (unpaired) electrons. The van der Waals surface area contributed by atoms with E-state index in [9.17, 15) is 0 Å². The zero-order valence-corrected chi connectivity index (χ0v) is 14.6. The van der Waals surface area contributed by atoms with Crippen LogP contribution in [0.25, 0.3) is 0 Å². The molecule has 0 bridgehead atoms. The molecular weight excluding hydrogens is 278 g/mol. The van der Waals surface area contributed by atoms with E-state index in [2.05, 4.69) is 18.0 Å². The van der Waals surface area contributed by atoms with Gasteiger partial charge in [-0.1, -0.05) is 37.6 Å². The van der Waals surface area contributed by atoms with Gasteiger partial charge in [-0.25, -0.2) is 4.99 Å². The number of halogens is 1. The lowest BCUT2D eigenvalue weighted by molar-refractivity contribution is 1.21. The van der Waals surface area contributed by atoms with Gasteiger partial charge in [0.15, 0.2) is 0 Å². The summed E-state index contributed by atoms with van der Waals surface area (Å²) in [6.45, 7) is 11.3. The minimum Gasteiger partial charge on any atom is -0.305 e. The van der Waals surface area contributed by atoms with Crippen molar-refractivity contribution in [3.8, 4) is 0 Å². The highest BCUT2D eigenvalue weighted by molar-refractivity contribution is 6.64. The molecule has 0 aliphatic rings. The Balaban J connectivity index is 6.02. The van der Waals surface area contributed by atoms with E-state index >= 15 is 0 Å². The first-order valence-electron chi connectivity index (χ1n) is 6.99. The van der Waals surface area contributed by atoms with Crippen LogP contribution < -0.4 is 0 Å². The van der Waals surface area contributed by atoms with Crippen molar-refractivity contribution in [3.63, 3.8) is 0 Å². The smallest absolute Gasteiger partial charge is 0.108 e. The number of nitrogens with zero attached hydrogens (tertiary/aromatic N) is 1. The monoisotopic (exact) mass is 302 g/mol. The molecule has 0 aromatic rings. The van der Waals surface area contributed by atoms with E-state index in [1.54, 1.807) is 13.8 Å². The summed E-state index contributed by atoms with van der Waals surface area (Å²) in [6, 6.07) is 0. The zero-order chi connectivity index (χ0) is 16.6. The van der Waals surface area contributed by atoms with Crippen LogP contribution in [-0.2, 0) is 0 Å². The highest BCUT2D eigenvalue weighted by Gasteiger charge is 2.07. The molecule has 0 aliphatic heterocycles. The normalized spacial score (nSPS) is 16.0. The predicted molar refractivity (Wildman–Crippen MR) is 96.7 cm³/mol. The summed E-state index contributed by atoms with van der Waals surface area (Å²) in [5, 5.41) is 8.44. The van der Waals surface area contributed by atoms with Gasteiger partial charge < -0.3 is 5.41 Å². The lowest BCUT2D eigenvalue weighted by Gasteiger charge is -2.11. The molecule has 0 aromatic carbocycles. The van der Waals surface area contributed by atoms with Gasteiger partial charge in [-0.2, -0.15) is 0 Å². The second-order valence-electron chi connectivity index (χ2n) is 4.97. The largest absolute Gasteiger partial charge is 0.305 e. The minimum absolute atomic E-state index is 0.449. The van der Waals surface area contributed by atoms with Crippen LogP contribution >= 0.6 is 11.6 Å². The van der Waals surface area contributed by atoms with Crippen LogP contribution in [0, 0.1) is 5.41 Å². The van der Waals surface area contributed by atoms with Crippen molar-refractivity contribution in [1.29, 1.82) is 5.41 Å². The number of nitrogens with one attached hydrogen (secondary N) is 1. The van der Waals surface area contributed by atoms with Crippen molar-refractivity contribution in [2.24, 2.45) is 4.99 Å². The highest BCUT2D eigenvalue weighted by atomic mass is 35.5. The fourth-order valence-corrected chi connectivity index (χ4v) is 1.97. The molecule has 0 aromatic heterocycles. The first kappa shape index (κ1) is 19.7. The molecule has 0 unspecified atom stereocenters. The van der Waals surface area contributed by atoms with Crippen LogP contribution in [0.4, 0.5) is 0 Å². The Morgan fingerprint density at radius 1 is 1.19 bits per heavy atom. The number of allylic oxidation sites excluding steroid dienone is 8. The molecule has 1 N–H and O–H groups in total. The Labute approximate surface area is 135 Å². The Morgan fingerprint density at radius 3 is 2.14 bits per heavy atom. The standard InChI is InChI=1S/C17H24BClN2/c1-7-8-9-16(17(12(3)18)13(4)20)10-11(2)14(5)21-15(6)19/h8-10,20H,7H2,1-6H3/b9-8+,14-11+,16-10+,17-12+,20-13?,21-15?. The maximum atomic E-state index is 7.94. The van der Waals surface area contributed by atoms with Crippen molar-refractivity contribution >= 4 is 30.3 Å². The lowest BCUT2D eigenvalue weighted by atomic mass is 9.85. The van der Waals surface area contributed by atoms with Gasteiger partial charge in [-0.3, -0.25) is 0 Å². The summed E-state index contributed by atoms with van der Waals surface area (Å²) in [7, 11) is 5.94. The van der Waals surface area contributed by atoms with E-state index in [-0.39, 0.29) is 0 Å². The van der Waals surface area contributed by atoms with Gasteiger partial charge in [0.1, 0.15) is 13.0 Å². The third-order valence-corrected chi connectivity index (χ3v) is 2.94. The van der Waals surface area contributed by atoms with E-state index in [0.29, 0.717) is 16.4 Å². The summed E-state index contributed by atoms with van der Waals surface area (Å²) in [4.78, 5) is 4.25. The van der Waals surface area contributed by atoms with E-state index in [1.807, 2.05) is 32.9 Å². The van der Waals surface area contributed by atoms with Crippen LogP contribution in [-0.4, -0.2) is 18.7 Å². The summed E-state index contributed by atoms with van der Waals surface area (Å²) in [6.07, 6.45) is 6.97. The van der Waals surface area contributed by atoms with Gasteiger partial charge in [-0.05, 0) is 56.9 Å². The molecule has 4 heteroatoms. The first-order valence-corrected chi connectivity index (χ1v) is 7.37. The predicted octanol–water partition coefficient (Wildman–Crippen LogP) is 5.31. The maximum Gasteiger partial charge on any atom is 0.108 e. The molecule has 0 saturated heterocycles. The fraction of sp³-hybridized carbons (Fsp3) is 0.412. The third-order valence-electron chi connectivity index (χ3n) is 2.86. The third kappa shape index (κ3) is 7.28. The zero-order valence-electron chi connectivity index (χ0n) is 13.8. The summed E-state index contributed by atoms with van der Waals surface area (Å²) in [5.74, 6) is 0. The molecule has 0 fully saturated rings. The Bertz CT molecular complexity index is 541. The molecule has 0 atom stereocenters. The minimum atomic E-state index is 0.449. The van der Waals surface area contributed by atoms with Crippen LogP contribution in [0.15, 0.2) is 51.1 Å². The molecule has 0 saturated carbocycles. The molecule has 0 spiro atoms. The van der Waals surface area contributed by atoms with Crippen molar-refractivity contribution in [3.05, 3.63) is 46.1 Å². The Morgan fingerprint density at radius 2 is 1.76 bits per heavy atom. The van der Waals surface area contributed by atoms with E-state index < -0.39 is 0 Å². The summed E-state index contributed by atoms with van der Waals surface area (Å²) in [5.41, 5.74) is 4.61. The van der Waals surface area contributed by atoms with Gasteiger partial charge in [0.05, 0.1) is 0 Å². The number of rotatable bonds is 6. The SMILES string of the molecule is [B]/C(C)=C(C(C)=N)/C(/C=C/CC)=C/C(C)=C(\C)N=C(C)Cl. The molecule has 0 heterocycles. The summed E-state index contributed by atoms with van der Waals surface area (Å²) >= 11 is 5.82. The second kappa shape index (κ2) is 9.57. The van der Waals surface area contributed by atoms with E-state index in [1.165, 1.54) is 0 Å². The molecule has 0 amide bonds. The van der Waals surface area contributed by atoms with E-state index in [0.717, 1.165) is 28.8 Å². The van der Waals surface area contributed by atoms with Crippen LogP contribution in [0.1, 0.15) is 48.0 Å².